The average Bonchev–Trinajstić information content (AvgIpc) is 3.29. The molecule has 4 rings (SSSR count). The number of aryl methyl sites for hydroxylation is 1. The van der Waals surface area contributed by atoms with Gasteiger partial charge in [0.05, 0.1) is 18.2 Å². The number of Topliss-reactive ketones (excluding diaryl/α,β-unsaturated/α-hetero) is 1. The smallest absolute Gasteiger partial charge is 0.301 e. The van der Waals surface area contributed by atoms with Gasteiger partial charge < -0.3 is 14.4 Å². The molecular weight excluding hydrogens is 403 g/mol. The number of ketones is 1. The highest BCUT2D eigenvalue weighted by atomic mass is 19.1. The van der Waals surface area contributed by atoms with Crippen molar-refractivity contribution in [3.8, 4) is 5.75 Å². The summed E-state index contributed by atoms with van der Waals surface area (Å²) in [4.78, 5) is 26.9. The van der Waals surface area contributed by atoms with Gasteiger partial charge in [0.1, 0.15) is 23.1 Å². The minimum Gasteiger partial charge on any atom is -0.507 e. The molecule has 0 radical (unpaired) electrons. The van der Waals surface area contributed by atoms with Crippen LogP contribution in [-0.4, -0.2) is 28.6 Å². The van der Waals surface area contributed by atoms with Gasteiger partial charge in [-0.25, -0.2) is 4.39 Å². The molecule has 1 atom stereocenters. The number of hydrogen-bond acceptors (Lipinski definition) is 6. The molecule has 2 heterocycles. The number of ether oxygens (including phenoxy) is 1. The fourth-order valence-corrected chi connectivity index (χ4v) is 3.56. The Morgan fingerprint density at radius 2 is 1.90 bits per heavy atom. The summed E-state index contributed by atoms with van der Waals surface area (Å²) in [7, 11) is 0. The monoisotopic (exact) mass is 422 g/mol. The van der Waals surface area contributed by atoms with Crippen molar-refractivity contribution < 1.29 is 28.3 Å². The van der Waals surface area contributed by atoms with Gasteiger partial charge in [-0.1, -0.05) is 23.4 Å². The molecule has 158 valence electrons. The molecule has 0 bridgehead atoms. The van der Waals surface area contributed by atoms with E-state index in [0.29, 0.717) is 23.7 Å². The van der Waals surface area contributed by atoms with Crippen LogP contribution in [0.2, 0.25) is 0 Å². The summed E-state index contributed by atoms with van der Waals surface area (Å²) in [6.07, 6.45) is 0. The summed E-state index contributed by atoms with van der Waals surface area (Å²) in [5.41, 5.74) is 0.105. The molecule has 0 saturated carbocycles. The van der Waals surface area contributed by atoms with Crippen molar-refractivity contribution >= 4 is 23.3 Å². The number of anilines is 1. The molecule has 3 aromatic rings. The third-order valence-electron chi connectivity index (χ3n) is 4.95. The van der Waals surface area contributed by atoms with Gasteiger partial charge >= 0.3 is 5.91 Å². The molecule has 0 unspecified atom stereocenters. The van der Waals surface area contributed by atoms with Gasteiger partial charge in [-0.15, -0.1) is 0 Å². The van der Waals surface area contributed by atoms with E-state index >= 15 is 0 Å². The lowest BCUT2D eigenvalue weighted by molar-refractivity contribution is -0.132. The average molecular weight is 422 g/mol. The largest absolute Gasteiger partial charge is 0.507 e. The van der Waals surface area contributed by atoms with Gasteiger partial charge in [-0.3, -0.25) is 14.5 Å². The summed E-state index contributed by atoms with van der Waals surface area (Å²) in [6.45, 7) is 3.95. The van der Waals surface area contributed by atoms with E-state index in [4.69, 9.17) is 9.26 Å². The number of aromatic nitrogens is 1. The first-order chi connectivity index (χ1) is 14.9. The molecule has 1 aliphatic heterocycles. The zero-order valence-electron chi connectivity index (χ0n) is 16.8. The molecule has 0 aliphatic carbocycles. The fourth-order valence-electron chi connectivity index (χ4n) is 3.56. The van der Waals surface area contributed by atoms with Crippen molar-refractivity contribution in [3.63, 3.8) is 0 Å². The normalized spacial score (nSPS) is 17.9. The van der Waals surface area contributed by atoms with Crippen LogP contribution in [0.25, 0.3) is 5.76 Å². The predicted octanol–water partition coefficient (Wildman–Crippen LogP) is 4.15. The summed E-state index contributed by atoms with van der Waals surface area (Å²) in [5, 5.41) is 14.8. The van der Waals surface area contributed by atoms with Gasteiger partial charge in [0, 0.05) is 17.2 Å². The van der Waals surface area contributed by atoms with Crippen LogP contribution in [0.3, 0.4) is 0 Å². The lowest BCUT2D eigenvalue weighted by atomic mass is 9.95. The van der Waals surface area contributed by atoms with E-state index in [1.807, 2.05) is 6.92 Å². The lowest BCUT2D eigenvalue weighted by Crippen LogP contribution is -2.30. The fraction of sp³-hybridized carbons (Fsp3) is 0.174. The molecular formula is C23H19FN2O5. The number of benzene rings is 2. The lowest BCUT2D eigenvalue weighted by Gasteiger charge is -2.23. The van der Waals surface area contributed by atoms with Crippen molar-refractivity contribution in [1.82, 2.24) is 5.16 Å². The van der Waals surface area contributed by atoms with Crippen LogP contribution in [-0.2, 0) is 9.59 Å². The van der Waals surface area contributed by atoms with Gasteiger partial charge in [0.25, 0.3) is 5.78 Å². The number of amides is 1. The minimum absolute atomic E-state index is 0.0508. The van der Waals surface area contributed by atoms with E-state index in [9.17, 15) is 19.1 Å². The quantitative estimate of drug-likeness (QED) is 0.377. The summed E-state index contributed by atoms with van der Waals surface area (Å²) in [6, 6.07) is 12.4. The van der Waals surface area contributed by atoms with Gasteiger partial charge in [0.15, 0.2) is 5.82 Å². The number of carbonyl (C=O) groups is 2. The Balaban J connectivity index is 1.90. The van der Waals surface area contributed by atoms with E-state index < -0.39 is 29.3 Å². The Kier molecular flexibility index (Phi) is 5.29. The minimum atomic E-state index is -1.21. The molecule has 1 aliphatic rings. The maximum atomic E-state index is 14.8. The Hall–Kier alpha value is -3.94. The molecule has 1 amide bonds. The van der Waals surface area contributed by atoms with E-state index in [-0.39, 0.29) is 17.0 Å². The first kappa shape index (κ1) is 20.3. The second-order valence-electron chi connectivity index (χ2n) is 6.94. The number of aliphatic hydroxyl groups is 1. The summed E-state index contributed by atoms with van der Waals surface area (Å²) < 4.78 is 25.2. The molecule has 31 heavy (non-hydrogen) atoms. The topological polar surface area (TPSA) is 92.9 Å². The Labute approximate surface area is 177 Å². The molecule has 0 spiro atoms. The third kappa shape index (κ3) is 3.56. The molecule has 8 heteroatoms. The highest BCUT2D eigenvalue weighted by Crippen LogP contribution is 2.42. The van der Waals surface area contributed by atoms with E-state index in [1.165, 1.54) is 24.3 Å². The number of nitrogens with zero attached hydrogens (tertiary/aromatic N) is 2. The van der Waals surface area contributed by atoms with Crippen molar-refractivity contribution in [1.29, 1.82) is 0 Å². The molecule has 1 fully saturated rings. The highest BCUT2D eigenvalue weighted by molar-refractivity contribution is 6.51. The number of halogens is 1. The van der Waals surface area contributed by atoms with E-state index in [1.54, 1.807) is 37.3 Å². The van der Waals surface area contributed by atoms with Crippen LogP contribution in [0.1, 0.15) is 29.9 Å². The van der Waals surface area contributed by atoms with Crippen LogP contribution >= 0.6 is 0 Å². The predicted molar refractivity (Wildman–Crippen MR) is 110 cm³/mol. The van der Waals surface area contributed by atoms with Crippen molar-refractivity contribution in [2.75, 3.05) is 11.5 Å². The number of hydrogen-bond donors (Lipinski definition) is 1. The van der Waals surface area contributed by atoms with Crippen LogP contribution in [0.4, 0.5) is 10.2 Å². The standard InChI is InChI=1S/C23H19FN2O5/c1-3-30-15-10-8-14(9-11-15)21(27)19-20(16-6-4-5-7-17(16)24)26(23(29)22(19)28)18-12-13(2)31-25-18/h4-12,20,27H,3H2,1-2H3/b21-19+/t20-/m1/s1. The van der Waals surface area contributed by atoms with Crippen molar-refractivity contribution in [2.45, 2.75) is 19.9 Å². The molecule has 1 N–H and O–H groups in total. The van der Waals surface area contributed by atoms with Gasteiger partial charge in [-0.2, -0.15) is 0 Å². The first-order valence-corrected chi connectivity index (χ1v) is 9.64. The highest BCUT2D eigenvalue weighted by Gasteiger charge is 2.48. The molecule has 7 nitrogen and oxygen atoms in total. The zero-order valence-corrected chi connectivity index (χ0v) is 16.8. The van der Waals surface area contributed by atoms with Crippen LogP contribution in [0, 0.1) is 12.7 Å². The molecule has 1 aromatic heterocycles. The van der Waals surface area contributed by atoms with Gasteiger partial charge in [-0.05, 0) is 44.2 Å². The first-order valence-electron chi connectivity index (χ1n) is 9.64. The maximum absolute atomic E-state index is 14.8. The second-order valence-corrected chi connectivity index (χ2v) is 6.94. The Bertz CT molecular complexity index is 1180. The number of carbonyl (C=O) groups excluding carboxylic acids is 2. The summed E-state index contributed by atoms with van der Waals surface area (Å²) >= 11 is 0. The SMILES string of the molecule is CCOc1ccc(/C(O)=C2\C(=O)C(=O)N(c3cc(C)on3)[C@@H]2c2ccccc2F)cc1. The maximum Gasteiger partial charge on any atom is 0.301 e. The van der Waals surface area contributed by atoms with Crippen LogP contribution < -0.4 is 9.64 Å². The second kappa shape index (κ2) is 8.06. The summed E-state index contributed by atoms with van der Waals surface area (Å²) in [5.74, 6) is -1.87. The molecule has 1 saturated heterocycles. The van der Waals surface area contributed by atoms with E-state index in [0.717, 1.165) is 4.90 Å². The zero-order chi connectivity index (χ0) is 22.1. The number of aliphatic hydroxyl groups excluding tert-OH is 1. The van der Waals surface area contributed by atoms with E-state index in [2.05, 4.69) is 5.16 Å². The van der Waals surface area contributed by atoms with Crippen molar-refractivity contribution in [2.24, 2.45) is 0 Å². The van der Waals surface area contributed by atoms with Gasteiger partial charge in [0.2, 0.25) is 0 Å². The third-order valence-corrected chi connectivity index (χ3v) is 4.95. The Morgan fingerprint density at radius 1 is 1.19 bits per heavy atom. The Morgan fingerprint density at radius 3 is 2.52 bits per heavy atom. The van der Waals surface area contributed by atoms with Crippen LogP contribution in [0.15, 0.2) is 64.7 Å². The number of rotatable bonds is 5. The van der Waals surface area contributed by atoms with Crippen molar-refractivity contribution in [3.05, 3.63) is 82.9 Å². The van der Waals surface area contributed by atoms with Crippen LogP contribution in [0.5, 0.6) is 5.75 Å². The molecule has 2 aromatic carbocycles.